The van der Waals surface area contributed by atoms with Gasteiger partial charge in [-0.25, -0.2) is 9.97 Å². The fraction of sp³-hybridized carbons (Fsp3) is 0.452. The van der Waals surface area contributed by atoms with Crippen LogP contribution in [0.3, 0.4) is 0 Å². The number of aliphatic carboxylic acids is 1. The predicted molar refractivity (Wildman–Crippen MR) is 205 cm³/mol. The van der Waals surface area contributed by atoms with Gasteiger partial charge in [-0.15, -0.1) is 11.3 Å². The minimum Gasteiger partial charge on any atom is -0.494 e. The molecular formula is C42H50N4O5S. The molecule has 2 aliphatic heterocycles. The molecule has 4 unspecified atom stereocenters. The summed E-state index contributed by atoms with van der Waals surface area (Å²) < 4.78 is 5.91. The second kappa shape index (κ2) is 16.4. The second-order valence-electron chi connectivity index (χ2n) is 15.1. The summed E-state index contributed by atoms with van der Waals surface area (Å²) in [6, 6.07) is 18.2. The molecule has 2 amide bonds. The van der Waals surface area contributed by atoms with Gasteiger partial charge in [-0.3, -0.25) is 14.4 Å². The van der Waals surface area contributed by atoms with Gasteiger partial charge in [0.05, 0.1) is 17.4 Å². The van der Waals surface area contributed by atoms with Crippen LogP contribution in [0.4, 0.5) is 0 Å². The largest absolute Gasteiger partial charge is 0.494 e. The molecule has 0 saturated carbocycles. The molecular weight excluding hydrogens is 673 g/mol. The summed E-state index contributed by atoms with van der Waals surface area (Å²) in [5.41, 5.74) is 3.52. The fourth-order valence-electron chi connectivity index (χ4n) is 7.36. The maximum atomic E-state index is 14.2. The van der Waals surface area contributed by atoms with Gasteiger partial charge < -0.3 is 20.1 Å². The zero-order valence-electron chi connectivity index (χ0n) is 30.6. The average molecular weight is 723 g/mol. The highest BCUT2D eigenvalue weighted by atomic mass is 32.1. The fourth-order valence-corrected chi connectivity index (χ4v) is 8.33. The van der Waals surface area contributed by atoms with Crippen molar-refractivity contribution in [3.8, 4) is 28.3 Å². The molecule has 4 atom stereocenters. The lowest BCUT2D eigenvalue weighted by Gasteiger charge is -2.28. The Balaban J connectivity index is 1.12. The molecule has 2 saturated heterocycles. The smallest absolute Gasteiger partial charge is 0.308 e. The van der Waals surface area contributed by atoms with Crippen LogP contribution in [0.2, 0.25) is 0 Å². The number of aromatic nitrogens is 2. The van der Waals surface area contributed by atoms with Crippen LogP contribution in [-0.4, -0.2) is 62.5 Å². The first kappa shape index (κ1) is 37.2. The van der Waals surface area contributed by atoms with E-state index in [1.165, 1.54) is 37.0 Å². The molecule has 0 spiro atoms. The summed E-state index contributed by atoms with van der Waals surface area (Å²) in [5, 5.41) is 12.8. The number of fused-ring (bicyclic) bond motifs is 2. The minimum atomic E-state index is -0.865. The molecule has 2 fully saturated rings. The molecule has 9 nitrogen and oxygen atoms in total. The van der Waals surface area contributed by atoms with E-state index in [0.29, 0.717) is 23.5 Å². The van der Waals surface area contributed by atoms with Crippen LogP contribution in [0.1, 0.15) is 99.2 Å². The standard InChI is InChI=1S/C42H50N4O5S/c1-5-6-7-8-9-22-51-32-17-14-28(15-18-32)30-25-43-38(44-26-30)29-12-10-27(11-13-29)23-34(45-39(47)36-20-21-37(52-36)42(2,3)4)40(48)46-31-16-19-35(46)33(24-31)41(49)50/h10-15,17-18,20-21,25-26,31,33-35H,5-9,16,19,22-24H2,1-4H3,(H,45,47)(H,49,50). The Labute approximate surface area is 310 Å². The van der Waals surface area contributed by atoms with Crippen molar-refractivity contribution >= 4 is 29.1 Å². The number of carbonyl (C=O) groups is 3. The van der Waals surface area contributed by atoms with Gasteiger partial charge in [-0.1, -0.05) is 89.8 Å². The normalized spacial score (nSPS) is 18.7. The number of nitrogens with one attached hydrogen (secondary N) is 1. The number of amides is 2. The number of thiophene rings is 1. The van der Waals surface area contributed by atoms with Crippen LogP contribution < -0.4 is 10.1 Å². The van der Waals surface area contributed by atoms with E-state index >= 15 is 0 Å². The van der Waals surface area contributed by atoms with Crippen LogP contribution in [-0.2, 0) is 21.4 Å². The van der Waals surface area contributed by atoms with E-state index in [-0.39, 0.29) is 35.7 Å². The Morgan fingerprint density at radius 1 is 0.904 bits per heavy atom. The minimum absolute atomic E-state index is 0.0987. The van der Waals surface area contributed by atoms with Gasteiger partial charge in [0.15, 0.2) is 5.82 Å². The SMILES string of the molecule is CCCCCCCOc1ccc(-c2cnc(-c3ccc(CC(NC(=O)c4ccc(C(C)(C)C)s4)C(=O)N4C5CCC4C(C(=O)O)C5)cc3)nc2)cc1. The molecule has 52 heavy (non-hydrogen) atoms. The number of nitrogens with zero attached hydrogens (tertiary/aromatic N) is 3. The van der Waals surface area contributed by atoms with Crippen LogP contribution in [0, 0.1) is 5.92 Å². The summed E-state index contributed by atoms with van der Waals surface area (Å²) in [4.78, 5) is 52.3. The molecule has 4 heterocycles. The van der Waals surface area contributed by atoms with E-state index in [1.54, 1.807) is 4.90 Å². The average Bonchev–Trinajstić information content (AvgIpc) is 3.89. The Hall–Kier alpha value is -4.57. The molecule has 2 aromatic heterocycles. The van der Waals surface area contributed by atoms with Crippen molar-refractivity contribution in [1.82, 2.24) is 20.2 Å². The van der Waals surface area contributed by atoms with Crippen molar-refractivity contribution in [2.75, 3.05) is 6.61 Å². The highest BCUT2D eigenvalue weighted by Gasteiger charge is 2.52. The van der Waals surface area contributed by atoms with Gasteiger partial charge >= 0.3 is 5.97 Å². The maximum absolute atomic E-state index is 14.2. The van der Waals surface area contributed by atoms with Gasteiger partial charge in [-0.05, 0) is 66.5 Å². The zero-order valence-corrected chi connectivity index (χ0v) is 31.5. The number of hydrogen-bond donors (Lipinski definition) is 2. The lowest BCUT2D eigenvalue weighted by atomic mass is 9.89. The first-order valence-corrected chi connectivity index (χ1v) is 19.4. The third-order valence-electron chi connectivity index (χ3n) is 10.3. The lowest BCUT2D eigenvalue weighted by Crippen LogP contribution is -2.51. The molecule has 4 aromatic rings. The van der Waals surface area contributed by atoms with Crippen LogP contribution in [0.15, 0.2) is 73.1 Å². The summed E-state index contributed by atoms with van der Waals surface area (Å²) in [6.07, 6.45) is 11.8. The summed E-state index contributed by atoms with van der Waals surface area (Å²) in [6.45, 7) is 9.25. The molecule has 0 aliphatic carbocycles. The lowest BCUT2D eigenvalue weighted by molar-refractivity contribution is -0.143. The van der Waals surface area contributed by atoms with Gasteiger partial charge in [0.25, 0.3) is 5.91 Å². The topological polar surface area (TPSA) is 122 Å². The number of ether oxygens (including phenoxy) is 1. The van der Waals surface area contributed by atoms with Gasteiger partial charge in [-0.2, -0.15) is 0 Å². The molecule has 2 aromatic carbocycles. The first-order valence-electron chi connectivity index (χ1n) is 18.6. The number of benzene rings is 2. The quantitative estimate of drug-likeness (QED) is 0.118. The van der Waals surface area contributed by atoms with Crippen LogP contribution in [0.25, 0.3) is 22.5 Å². The molecule has 2 N–H and O–H groups in total. The maximum Gasteiger partial charge on any atom is 0.308 e. The van der Waals surface area contributed by atoms with Crippen molar-refractivity contribution in [2.45, 2.75) is 109 Å². The first-order chi connectivity index (χ1) is 25.0. The third-order valence-corrected chi connectivity index (χ3v) is 11.8. The molecule has 274 valence electrons. The highest BCUT2D eigenvalue weighted by molar-refractivity contribution is 7.14. The number of rotatable bonds is 15. The Morgan fingerprint density at radius 2 is 1.60 bits per heavy atom. The second-order valence-corrected chi connectivity index (χ2v) is 16.2. The number of carbonyl (C=O) groups excluding carboxylic acids is 2. The van der Waals surface area contributed by atoms with Crippen molar-refractivity contribution < 1.29 is 24.2 Å². The van der Waals surface area contributed by atoms with E-state index in [4.69, 9.17) is 4.74 Å². The van der Waals surface area contributed by atoms with E-state index < -0.39 is 17.9 Å². The van der Waals surface area contributed by atoms with Crippen molar-refractivity contribution in [2.24, 2.45) is 5.92 Å². The van der Waals surface area contributed by atoms with Gasteiger partial charge in [0.2, 0.25) is 5.91 Å². The van der Waals surface area contributed by atoms with Crippen molar-refractivity contribution in [3.63, 3.8) is 0 Å². The number of carboxylic acids is 1. The Kier molecular flexibility index (Phi) is 11.7. The molecule has 6 rings (SSSR count). The monoisotopic (exact) mass is 722 g/mol. The van der Waals surface area contributed by atoms with E-state index in [2.05, 4.69) is 43.0 Å². The Bertz CT molecular complexity index is 1830. The third kappa shape index (κ3) is 8.72. The van der Waals surface area contributed by atoms with Crippen LogP contribution in [0.5, 0.6) is 5.75 Å². The number of unbranched alkanes of at least 4 members (excludes halogenated alkanes) is 4. The predicted octanol–water partition coefficient (Wildman–Crippen LogP) is 8.32. The highest BCUT2D eigenvalue weighted by Crippen LogP contribution is 2.42. The summed E-state index contributed by atoms with van der Waals surface area (Å²) >= 11 is 1.43. The number of carboxylic acid groups (broad SMARTS) is 1. The van der Waals surface area contributed by atoms with Gasteiger partial charge in [0.1, 0.15) is 11.8 Å². The molecule has 0 radical (unpaired) electrons. The summed E-state index contributed by atoms with van der Waals surface area (Å²) in [5.74, 6) is -0.512. The zero-order chi connectivity index (χ0) is 36.8. The van der Waals surface area contributed by atoms with Crippen molar-refractivity contribution in [1.29, 1.82) is 0 Å². The number of hydrogen-bond acceptors (Lipinski definition) is 7. The van der Waals surface area contributed by atoms with Crippen LogP contribution >= 0.6 is 11.3 Å². The van der Waals surface area contributed by atoms with E-state index in [9.17, 15) is 19.5 Å². The molecule has 2 aliphatic rings. The van der Waals surface area contributed by atoms with E-state index in [1.807, 2.05) is 73.1 Å². The van der Waals surface area contributed by atoms with E-state index in [0.717, 1.165) is 52.3 Å². The van der Waals surface area contributed by atoms with Crippen molar-refractivity contribution in [3.05, 3.63) is 88.4 Å². The Morgan fingerprint density at radius 3 is 2.23 bits per heavy atom. The van der Waals surface area contributed by atoms with Gasteiger partial charge in [0, 0.05) is 46.9 Å². The molecule has 2 bridgehead atoms. The molecule has 10 heteroatoms. The summed E-state index contributed by atoms with van der Waals surface area (Å²) in [7, 11) is 0.